The summed E-state index contributed by atoms with van der Waals surface area (Å²) in [5.41, 5.74) is 1.65. The molecule has 0 saturated heterocycles. The van der Waals surface area contributed by atoms with Gasteiger partial charge in [0.2, 0.25) is 21.7 Å². The fraction of sp³-hybridized carbons (Fsp3) is 0.290. The van der Waals surface area contributed by atoms with Crippen molar-refractivity contribution in [3.05, 3.63) is 99.6 Å². The number of nitrogens with zero attached hydrogens (tertiary/aromatic N) is 4. The van der Waals surface area contributed by atoms with E-state index in [-0.39, 0.29) is 10.8 Å². The lowest BCUT2D eigenvalue weighted by atomic mass is 9.99. The van der Waals surface area contributed by atoms with Crippen LogP contribution in [0.3, 0.4) is 0 Å². The van der Waals surface area contributed by atoms with Gasteiger partial charge in [-0.3, -0.25) is 9.36 Å². The predicted octanol–water partition coefficient (Wildman–Crippen LogP) is 5.11. The first-order valence-electron chi connectivity index (χ1n) is 13.5. The summed E-state index contributed by atoms with van der Waals surface area (Å²) in [6.07, 6.45) is 5.44. The Kier molecular flexibility index (Phi) is 6.70. The van der Waals surface area contributed by atoms with Gasteiger partial charge < -0.3 is 5.11 Å². The molecule has 2 aromatic heterocycles. The van der Waals surface area contributed by atoms with Gasteiger partial charge in [-0.15, -0.1) is 0 Å². The molecule has 8 nitrogen and oxygen atoms in total. The van der Waals surface area contributed by atoms with E-state index in [0.29, 0.717) is 40.4 Å². The van der Waals surface area contributed by atoms with Crippen LogP contribution < -0.4 is 5.56 Å². The molecule has 1 N–H and O–H groups in total. The monoisotopic (exact) mass is 570 g/mol. The number of sulfone groups is 1. The quantitative estimate of drug-likeness (QED) is 0.292. The minimum atomic E-state index is -4.49. The second kappa shape index (κ2) is 10.2. The Morgan fingerprint density at radius 3 is 2.51 bits per heavy atom. The maximum atomic E-state index is 14.0. The average molecular weight is 571 g/mol. The van der Waals surface area contributed by atoms with Crippen molar-refractivity contribution in [1.29, 1.82) is 5.26 Å². The van der Waals surface area contributed by atoms with E-state index >= 15 is 0 Å². The van der Waals surface area contributed by atoms with E-state index < -0.39 is 38.2 Å². The predicted molar refractivity (Wildman–Crippen MR) is 148 cm³/mol. The number of hydrogen-bond acceptors (Lipinski definition) is 7. The molecular weight excluding hydrogens is 543 g/mol. The Labute approximate surface area is 236 Å². The minimum absolute atomic E-state index is 0.0935. The van der Waals surface area contributed by atoms with Crippen molar-refractivity contribution >= 4 is 9.84 Å². The fourth-order valence-corrected chi connectivity index (χ4v) is 6.74. The van der Waals surface area contributed by atoms with Crippen molar-refractivity contribution in [2.24, 2.45) is 11.8 Å². The van der Waals surface area contributed by atoms with E-state index in [0.717, 1.165) is 31.2 Å². The number of aromatic hydroxyl groups is 1. The number of pyridine rings is 1. The van der Waals surface area contributed by atoms with Gasteiger partial charge in [0.15, 0.2) is 4.90 Å². The molecule has 2 aliphatic carbocycles. The summed E-state index contributed by atoms with van der Waals surface area (Å²) in [6, 6.07) is 16.0. The Hall–Kier alpha value is -4.36. The van der Waals surface area contributed by atoms with Crippen LogP contribution in [0.15, 0.2) is 75.4 Å². The SMILES string of the molecule is Cc1c(-c2ccc(S(=O)(=O)c3c(O)n(C(c4cccc(C#N)c4)C4CC4)c(CC4CC4)nc3=O)cc2)ccnc1F. The highest BCUT2D eigenvalue weighted by Crippen LogP contribution is 2.47. The summed E-state index contributed by atoms with van der Waals surface area (Å²) >= 11 is 0. The van der Waals surface area contributed by atoms with Crippen LogP contribution in [0.2, 0.25) is 0 Å². The molecule has 6 rings (SSSR count). The summed E-state index contributed by atoms with van der Waals surface area (Å²) in [4.78, 5) is 20.2. The van der Waals surface area contributed by atoms with Crippen LogP contribution in [0.4, 0.5) is 4.39 Å². The minimum Gasteiger partial charge on any atom is -0.493 e. The number of nitriles is 1. The van der Waals surface area contributed by atoms with E-state index in [1.54, 1.807) is 31.2 Å². The van der Waals surface area contributed by atoms with Crippen LogP contribution in [-0.4, -0.2) is 28.1 Å². The van der Waals surface area contributed by atoms with E-state index in [4.69, 9.17) is 0 Å². The van der Waals surface area contributed by atoms with Gasteiger partial charge in [-0.05, 0) is 91.5 Å². The summed E-state index contributed by atoms with van der Waals surface area (Å²) < 4.78 is 43.2. The van der Waals surface area contributed by atoms with Gasteiger partial charge in [-0.25, -0.2) is 13.4 Å². The van der Waals surface area contributed by atoms with Gasteiger partial charge >= 0.3 is 0 Å². The molecule has 41 heavy (non-hydrogen) atoms. The van der Waals surface area contributed by atoms with Crippen LogP contribution in [0.5, 0.6) is 5.88 Å². The maximum absolute atomic E-state index is 14.0. The number of hydrogen-bond donors (Lipinski definition) is 1. The molecular formula is C31H27FN4O4S. The third-order valence-electron chi connectivity index (χ3n) is 7.89. The Morgan fingerprint density at radius 1 is 1.12 bits per heavy atom. The fourth-order valence-electron chi connectivity index (χ4n) is 5.39. The molecule has 0 radical (unpaired) electrons. The largest absolute Gasteiger partial charge is 0.493 e. The summed E-state index contributed by atoms with van der Waals surface area (Å²) in [5.74, 6) is -0.507. The lowest BCUT2D eigenvalue weighted by Gasteiger charge is -2.26. The summed E-state index contributed by atoms with van der Waals surface area (Å²) in [7, 11) is -4.49. The van der Waals surface area contributed by atoms with Crippen LogP contribution in [-0.2, 0) is 16.3 Å². The molecule has 0 amide bonds. The average Bonchev–Trinajstić information content (AvgIpc) is 3.89. The Bertz CT molecular complexity index is 1870. The maximum Gasteiger partial charge on any atom is 0.296 e. The first-order valence-corrected chi connectivity index (χ1v) is 15.0. The second-order valence-electron chi connectivity index (χ2n) is 10.8. The zero-order valence-electron chi connectivity index (χ0n) is 22.3. The van der Waals surface area contributed by atoms with Crippen LogP contribution >= 0.6 is 0 Å². The molecule has 4 aromatic rings. The number of rotatable bonds is 8. The van der Waals surface area contributed by atoms with Crippen molar-refractivity contribution < 1.29 is 17.9 Å². The van der Waals surface area contributed by atoms with Crippen LogP contribution in [0.1, 0.15) is 54.2 Å². The van der Waals surface area contributed by atoms with Crippen molar-refractivity contribution in [2.75, 3.05) is 0 Å². The van der Waals surface area contributed by atoms with E-state index in [1.807, 2.05) is 6.07 Å². The normalized spacial score (nSPS) is 15.8. The molecule has 0 aliphatic heterocycles. The highest BCUT2D eigenvalue weighted by atomic mass is 32.2. The summed E-state index contributed by atoms with van der Waals surface area (Å²) in [6.45, 7) is 1.58. The molecule has 10 heteroatoms. The zero-order valence-corrected chi connectivity index (χ0v) is 23.1. The molecule has 1 atom stereocenters. The van der Waals surface area contributed by atoms with Gasteiger partial charge in [0.05, 0.1) is 22.6 Å². The topological polar surface area (TPSA) is 126 Å². The number of aromatic nitrogens is 3. The number of benzene rings is 2. The highest BCUT2D eigenvalue weighted by Gasteiger charge is 2.40. The van der Waals surface area contributed by atoms with Crippen LogP contribution in [0, 0.1) is 36.0 Å². The Balaban J connectivity index is 1.49. The van der Waals surface area contributed by atoms with Crippen molar-refractivity contribution in [3.8, 4) is 23.1 Å². The van der Waals surface area contributed by atoms with Gasteiger partial charge in [0.25, 0.3) is 5.56 Å². The first kappa shape index (κ1) is 26.8. The third-order valence-corrected chi connectivity index (χ3v) is 9.68. The van der Waals surface area contributed by atoms with E-state index in [9.17, 15) is 28.0 Å². The highest BCUT2D eigenvalue weighted by molar-refractivity contribution is 7.91. The molecule has 2 saturated carbocycles. The molecule has 208 valence electrons. The van der Waals surface area contributed by atoms with Gasteiger partial charge in [0, 0.05) is 18.2 Å². The summed E-state index contributed by atoms with van der Waals surface area (Å²) in [5, 5.41) is 21.1. The molecule has 1 unspecified atom stereocenters. The van der Waals surface area contributed by atoms with Crippen molar-refractivity contribution in [1.82, 2.24) is 14.5 Å². The van der Waals surface area contributed by atoms with E-state index in [1.165, 1.54) is 35.0 Å². The standard InChI is InChI=1S/C31H27FN4O4S/c1-18-25(13-14-34-29(18)32)21-9-11-24(12-10-21)41(39,40)28-30(37)35-26(16-19-5-6-19)36(31(28)38)27(22-7-8-22)23-4-2-3-20(15-23)17-33/h2-4,9-15,19,22,27,38H,5-8,16H2,1H3. The lowest BCUT2D eigenvalue weighted by Crippen LogP contribution is -2.28. The molecule has 0 bridgehead atoms. The van der Waals surface area contributed by atoms with Gasteiger partial charge in [0.1, 0.15) is 5.82 Å². The van der Waals surface area contributed by atoms with Crippen molar-refractivity contribution in [2.45, 2.75) is 54.9 Å². The zero-order chi connectivity index (χ0) is 28.9. The first-order chi connectivity index (χ1) is 19.7. The van der Waals surface area contributed by atoms with E-state index in [2.05, 4.69) is 16.0 Å². The van der Waals surface area contributed by atoms with Crippen molar-refractivity contribution in [3.63, 3.8) is 0 Å². The molecule has 2 aliphatic rings. The van der Waals surface area contributed by atoms with Gasteiger partial charge in [-0.1, -0.05) is 24.3 Å². The second-order valence-corrected chi connectivity index (χ2v) is 12.7. The number of halogens is 1. The molecule has 2 aromatic carbocycles. The smallest absolute Gasteiger partial charge is 0.296 e. The van der Waals surface area contributed by atoms with Gasteiger partial charge in [-0.2, -0.15) is 14.6 Å². The molecule has 2 fully saturated rings. The molecule has 0 spiro atoms. The Morgan fingerprint density at radius 2 is 1.85 bits per heavy atom. The lowest BCUT2D eigenvalue weighted by molar-refractivity contribution is 0.347. The third kappa shape index (κ3) is 5.02. The van der Waals surface area contributed by atoms with Crippen LogP contribution in [0.25, 0.3) is 11.1 Å². The molecule has 2 heterocycles.